The molecular weight excluding hydrogens is 314 g/mol. The molecular formula is C19H23N5O. The highest BCUT2D eigenvalue weighted by atomic mass is 16.5. The van der Waals surface area contributed by atoms with Crippen molar-refractivity contribution in [3.8, 4) is 5.75 Å². The molecule has 0 aliphatic rings. The van der Waals surface area contributed by atoms with Gasteiger partial charge in [-0.3, -0.25) is 4.57 Å². The largest absolute Gasteiger partial charge is 0.494 e. The second-order valence-electron chi connectivity index (χ2n) is 5.84. The molecule has 3 rings (SSSR count). The van der Waals surface area contributed by atoms with Gasteiger partial charge in [0.2, 0.25) is 0 Å². The number of aromatic nitrogens is 3. The van der Waals surface area contributed by atoms with Gasteiger partial charge in [-0.05, 0) is 30.7 Å². The van der Waals surface area contributed by atoms with Gasteiger partial charge in [0, 0.05) is 39.2 Å². The summed E-state index contributed by atoms with van der Waals surface area (Å²) >= 11 is 0. The lowest BCUT2D eigenvalue weighted by Gasteiger charge is -2.15. The Bertz CT molecular complexity index is 790. The van der Waals surface area contributed by atoms with Crippen LogP contribution in [-0.2, 0) is 6.54 Å². The number of hydrogen-bond donors (Lipinski definition) is 0. The first kappa shape index (κ1) is 16.8. The van der Waals surface area contributed by atoms with E-state index < -0.39 is 0 Å². The Morgan fingerprint density at radius 3 is 2.68 bits per heavy atom. The molecule has 0 fully saturated rings. The van der Waals surface area contributed by atoms with Gasteiger partial charge < -0.3 is 14.3 Å². The molecule has 6 nitrogen and oxygen atoms in total. The minimum atomic E-state index is 0.673. The molecule has 0 atom stereocenters. The minimum absolute atomic E-state index is 0.673. The van der Waals surface area contributed by atoms with Gasteiger partial charge in [-0.15, -0.1) is 0 Å². The van der Waals surface area contributed by atoms with E-state index in [0.717, 1.165) is 30.2 Å². The smallest absolute Gasteiger partial charge is 0.181 e. The van der Waals surface area contributed by atoms with Crippen LogP contribution < -0.4 is 4.74 Å². The Balaban J connectivity index is 1.67. The van der Waals surface area contributed by atoms with Crippen LogP contribution in [0.3, 0.4) is 0 Å². The quantitative estimate of drug-likeness (QED) is 0.288. The topological polar surface area (TPSA) is 47.6 Å². The van der Waals surface area contributed by atoms with Crippen LogP contribution >= 0.6 is 0 Å². The van der Waals surface area contributed by atoms with E-state index in [-0.39, 0.29) is 0 Å². The normalized spacial score (nSPS) is 11.5. The van der Waals surface area contributed by atoms with E-state index in [1.54, 1.807) is 17.5 Å². The van der Waals surface area contributed by atoms with E-state index in [1.807, 2.05) is 61.3 Å². The minimum Gasteiger partial charge on any atom is -0.494 e. The van der Waals surface area contributed by atoms with E-state index in [1.165, 1.54) is 0 Å². The van der Waals surface area contributed by atoms with E-state index >= 15 is 0 Å². The summed E-state index contributed by atoms with van der Waals surface area (Å²) in [6.07, 6.45) is 8.40. The molecule has 0 saturated carbocycles. The number of rotatable bonds is 7. The first-order valence-corrected chi connectivity index (χ1v) is 8.31. The van der Waals surface area contributed by atoms with Gasteiger partial charge in [0.25, 0.3) is 0 Å². The molecule has 0 unspecified atom stereocenters. The fraction of sp³-hybridized carbons (Fsp3) is 0.263. The molecule has 2 heterocycles. The molecule has 0 bridgehead atoms. The Hall–Kier alpha value is -3.02. The van der Waals surface area contributed by atoms with Crippen molar-refractivity contribution in [3.63, 3.8) is 0 Å². The first-order valence-electron chi connectivity index (χ1n) is 8.31. The van der Waals surface area contributed by atoms with Crippen LogP contribution in [0.4, 0.5) is 0 Å². The van der Waals surface area contributed by atoms with Crippen molar-refractivity contribution in [1.29, 1.82) is 0 Å². The molecule has 0 aliphatic carbocycles. The maximum absolute atomic E-state index is 5.77. The summed E-state index contributed by atoms with van der Waals surface area (Å²) in [6, 6.07) is 14.0. The number of imidazole rings is 1. The third-order valence-corrected chi connectivity index (χ3v) is 3.66. The van der Waals surface area contributed by atoms with E-state index in [2.05, 4.69) is 26.9 Å². The van der Waals surface area contributed by atoms with Crippen LogP contribution in [0.1, 0.15) is 12.1 Å². The predicted molar refractivity (Wildman–Crippen MR) is 98.8 cm³/mol. The Morgan fingerprint density at radius 1 is 1.12 bits per heavy atom. The van der Waals surface area contributed by atoms with Crippen LogP contribution in [0.5, 0.6) is 5.75 Å². The highest BCUT2D eigenvalue weighted by Crippen LogP contribution is 2.11. The van der Waals surface area contributed by atoms with Crippen molar-refractivity contribution >= 4 is 5.84 Å². The van der Waals surface area contributed by atoms with E-state index in [0.29, 0.717) is 6.61 Å². The second-order valence-corrected chi connectivity index (χ2v) is 5.84. The molecule has 130 valence electrons. The summed E-state index contributed by atoms with van der Waals surface area (Å²) in [5.74, 6) is 1.75. The van der Waals surface area contributed by atoms with Gasteiger partial charge in [0.15, 0.2) is 5.84 Å². The number of ether oxygens (including phenoxy) is 1. The van der Waals surface area contributed by atoms with Crippen molar-refractivity contribution in [1.82, 2.24) is 19.1 Å². The number of benzene rings is 1. The zero-order valence-electron chi connectivity index (χ0n) is 14.6. The summed E-state index contributed by atoms with van der Waals surface area (Å²) in [6.45, 7) is 1.53. The lowest BCUT2D eigenvalue weighted by atomic mass is 10.3. The van der Waals surface area contributed by atoms with Crippen molar-refractivity contribution in [2.75, 3.05) is 20.7 Å². The van der Waals surface area contributed by atoms with Crippen LogP contribution in [0, 0.1) is 0 Å². The van der Waals surface area contributed by atoms with Crippen LogP contribution in [0.25, 0.3) is 0 Å². The third-order valence-electron chi connectivity index (χ3n) is 3.66. The Morgan fingerprint density at radius 2 is 1.96 bits per heavy atom. The van der Waals surface area contributed by atoms with Gasteiger partial charge in [0.1, 0.15) is 12.1 Å². The molecule has 0 spiro atoms. The highest BCUT2D eigenvalue weighted by molar-refractivity contribution is 5.98. The second kappa shape index (κ2) is 8.19. The molecule has 3 aromatic rings. The molecule has 0 amide bonds. The Labute approximate surface area is 148 Å². The SMILES string of the molecule is CN(C)N=C(c1cccn1CCCOc1ccccc1)n1ccnc1. The molecule has 0 saturated heterocycles. The maximum atomic E-state index is 5.77. The monoisotopic (exact) mass is 337 g/mol. The van der Waals surface area contributed by atoms with Crippen LogP contribution in [0.15, 0.2) is 72.5 Å². The summed E-state index contributed by atoms with van der Waals surface area (Å²) < 4.78 is 9.89. The van der Waals surface area contributed by atoms with Crippen molar-refractivity contribution in [2.45, 2.75) is 13.0 Å². The average molecular weight is 337 g/mol. The van der Waals surface area contributed by atoms with Crippen LogP contribution in [0.2, 0.25) is 0 Å². The number of hydrazone groups is 1. The van der Waals surface area contributed by atoms with E-state index in [9.17, 15) is 0 Å². The van der Waals surface area contributed by atoms with Gasteiger partial charge in [-0.2, -0.15) is 5.10 Å². The number of hydrogen-bond acceptors (Lipinski definition) is 4. The average Bonchev–Trinajstić information content (AvgIpc) is 3.29. The number of nitrogens with zero attached hydrogens (tertiary/aromatic N) is 5. The molecule has 0 aliphatic heterocycles. The molecule has 1 aromatic carbocycles. The lowest BCUT2D eigenvalue weighted by molar-refractivity contribution is 0.301. The summed E-state index contributed by atoms with van der Waals surface area (Å²) in [7, 11) is 3.83. The summed E-state index contributed by atoms with van der Waals surface area (Å²) in [4.78, 5) is 4.13. The summed E-state index contributed by atoms with van der Waals surface area (Å²) in [5, 5.41) is 6.42. The zero-order chi connectivity index (χ0) is 17.5. The van der Waals surface area contributed by atoms with Crippen LogP contribution in [-0.4, -0.2) is 45.7 Å². The standard InChI is InChI=1S/C19H23N5O/c1-22(2)21-19(24-14-11-20-16-24)18-10-6-12-23(18)13-7-15-25-17-8-4-3-5-9-17/h3-6,8-12,14,16H,7,13,15H2,1-2H3. The first-order chi connectivity index (χ1) is 12.2. The van der Waals surface area contributed by atoms with Gasteiger partial charge in [0.05, 0.1) is 12.3 Å². The zero-order valence-corrected chi connectivity index (χ0v) is 14.6. The Kier molecular flexibility index (Phi) is 5.51. The van der Waals surface area contributed by atoms with Crippen molar-refractivity contribution < 1.29 is 4.74 Å². The van der Waals surface area contributed by atoms with Gasteiger partial charge in [-0.25, -0.2) is 4.98 Å². The van der Waals surface area contributed by atoms with Crippen molar-refractivity contribution in [3.05, 3.63) is 73.1 Å². The summed E-state index contributed by atoms with van der Waals surface area (Å²) in [5.41, 5.74) is 1.05. The molecule has 0 radical (unpaired) electrons. The molecule has 0 N–H and O–H groups in total. The molecule has 25 heavy (non-hydrogen) atoms. The fourth-order valence-corrected chi connectivity index (χ4v) is 2.56. The predicted octanol–water partition coefficient (Wildman–Crippen LogP) is 2.93. The van der Waals surface area contributed by atoms with Crippen molar-refractivity contribution in [2.24, 2.45) is 5.10 Å². The lowest BCUT2D eigenvalue weighted by Crippen LogP contribution is -2.21. The van der Waals surface area contributed by atoms with Gasteiger partial charge in [-0.1, -0.05) is 18.2 Å². The molecule has 2 aromatic heterocycles. The van der Waals surface area contributed by atoms with E-state index in [4.69, 9.17) is 4.74 Å². The fourth-order valence-electron chi connectivity index (χ4n) is 2.56. The number of aryl methyl sites for hydroxylation is 1. The van der Waals surface area contributed by atoms with Gasteiger partial charge >= 0.3 is 0 Å². The third kappa shape index (κ3) is 4.50. The maximum Gasteiger partial charge on any atom is 0.181 e. The number of para-hydroxylation sites is 1. The highest BCUT2D eigenvalue weighted by Gasteiger charge is 2.11. The molecule has 6 heteroatoms.